The average Bonchev–Trinajstić information content (AvgIpc) is 2.78. The standard InChI is InChI=1S/C25H33N3O3/c1-18(2)25(20-8-9-22-23(16-20)31-15-14-30-22)26-24(29)17-27-10-12-28(13-11-27)21-7-5-4-6-19(21)3/h4-9,16,18,25H,10-15,17H2,1-3H3,(H,26,29)/p+1/t25-/m1/s1. The van der Waals surface area contributed by atoms with Gasteiger partial charge in [0.15, 0.2) is 18.0 Å². The zero-order valence-corrected chi connectivity index (χ0v) is 18.8. The summed E-state index contributed by atoms with van der Waals surface area (Å²) in [6.07, 6.45) is 0. The maximum atomic E-state index is 12.9. The van der Waals surface area contributed by atoms with Gasteiger partial charge in [-0.15, -0.1) is 0 Å². The molecule has 2 aliphatic heterocycles. The molecule has 6 heteroatoms. The third kappa shape index (κ3) is 5.13. The predicted molar refractivity (Wildman–Crippen MR) is 122 cm³/mol. The first-order valence-electron chi connectivity index (χ1n) is 11.3. The van der Waals surface area contributed by atoms with Gasteiger partial charge in [0.1, 0.15) is 13.2 Å². The number of carbonyl (C=O) groups is 1. The quantitative estimate of drug-likeness (QED) is 0.745. The molecule has 31 heavy (non-hydrogen) atoms. The Morgan fingerprint density at radius 1 is 1.06 bits per heavy atom. The van der Waals surface area contributed by atoms with Gasteiger partial charge in [-0.05, 0) is 42.2 Å². The highest BCUT2D eigenvalue weighted by Crippen LogP contribution is 2.34. The molecule has 0 aromatic heterocycles. The van der Waals surface area contributed by atoms with Crippen LogP contribution in [0.15, 0.2) is 42.5 Å². The largest absolute Gasteiger partial charge is 0.486 e. The molecular formula is C25H34N3O3+. The number of anilines is 1. The van der Waals surface area contributed by atoms with Gasteiger partial charge in [-0.2, -0.15) is 0 Å². The van der Waals surface area contributed by atoms with Crippen molar-refractivity contribution in [3.8, 4) is 11.5 Å². The molecule has 0 spiro atoms. The van der Waals surface area contributed by atoms with E-state index in [0.29, 0.717) is 19.8 Å². The molecule has 2 aromatic carbocycles. The smallest absolute Gasteiger partial charge is 0.275 e. The number of hydrogen-bond donors (Lipinski definition) is 2. The van der Waals surface area contributed by atoms with Gasteiger partial charge in [-0.25, -0.2) is 0 Å². The number of quaternary nitrogens is 1. The van der Waals surface area contributed by atoms with Crippen molar-refractivity contribution in [2.75, 3.05) is 50.8 Å². The van der Waals surface area contributed by atoms with Gasteiger partial charge in [0.25, 0.3) is 5.91 Å². The van der Waals surface area contributed by atoms with E-state index in [1.807, 2.05) is 18.2 Å². The number of benzene rings is 2. The van der Waals surface area contributed by atoms with Crippen LogP contribution in [0.1, 0.15) is 31.0 Å². The van der Waals surface area contributed by atoms with Gasteiger partial charge < -0.3 is 24.6 Å². The summed E-state index contributed by atoms with van der Waals surface area (Å²) in [6.45, 7) is 12.0. The molecule has 0 aliphatic carbocycles. The molecule has 2 aromatic rings. The molecule has 166 valence electrons. The fourth-order valence-corrected chi connectivity index (χ4v) is 4.50. The molecule has 1 saturated heterocycles. The van der Waals surface area contributed by atoms with Crippen LogP contribution in [0.5, 0.6) is 11.5 Å². The molecule has 1 amide bonds. The van der Waals surface area contributed by atoms with Crippen molar-refractivity contribution in [2.45, 2.75) is 26.8 Å². The lowest BCUT2D eigenvalue weighted by Crippen LogP contribution is -3.16. The number of aryl methyl sites for hydroxylation is 1. The highest BCUT2D eigenvalue weighted by molar-refractivity contribution is 5.77. The fraction of sp³-hybridized carbons (Fsp3) is 0.480. The minimum Gasteiger partial charge on any atom is -0.486 e. The molecular weight excluding hydrogens is 390 g/mol. The van der Waals surface area contributed by atoms with Crippen LogP contribution in [0.3, 0.4) is 0 Å². The first-order valence-corrected chi connectivity index (χ1v) is 11.3. The fourth-order valence-electron chi connectivity index (χ4n) is 4.50. The summed E-state index contributed by atoms with van der Waals surface area (Å²) in [6, 6.07) is 14.5. The minimum atomic E-state index is -0.0454. The van der Waals surface area contributed by atoms with Crippen LogP contribution in [0.25, 0.3) is 0 Å². The number of nitrogens with one attached hydrogen (secondary N) is 2. The molecule has 2 N–H and O–H groups in total. The molecule has 0 saturated carbocycles. The zero-order chi connectivity index (χ0) is 21.8. The predicted octanol–water partition coefficient (Wildman–Crippen LogP) is 1.98. The van der Waals surface area contributed by atoms with E-state index >= 15 is 0 Å². The summed E-state index contributed by atoms with van der Waals surface area (Å²) in [5, 5.41) is 3.27. The number of nitrogens with zero attached hydrogens (tertiary/aromatic N) is 1. The Bertz CT molecular complexity index is 907. The molecule has 1 atom stereocenters. The van der Waals surface area contributed by atoms with E-state index in [0.717, 1.165) is 43.2 Å². The number of piperazine rings is 1. The first kappa shape index (κ1) is 21.5. The summed E-state index contributed by atoms with van der Waals surface area (Å²) in [4.78, 5) is 16.7. The number of fused-ring (bicyclic) bond motifs is 1. The Hall–Kier alpha value is -2.73. The van der Waals surface area contributed by atoms with Crippen molar-refractivity contribution in [3.05, 3.63) is 53.6 Å². The Labute approximate surface area is 185 Å². The van der Waals surface area contributed by atoms with Gasteiger partial charge in [0.05, 0.1) is 32.2 Å². The molecule has 6 nitrogen and oxygen atoms in total. The van der Waals surface area contributed by atoms with E-state index in [1.165, 1.54) is 16.2 Å². The van der Waals surface area contributed by atoms with Gasteiger partial charge >= 0.3 is 0 Å². The second kappa shape index (κ2) is 9.60. The van der Waals surface area contributed by atoms with Crippen LogP contribution in [0, 0.1) is 12.8 Å². The zero-order valence-electron chi connectivity index (χ0n) is 18.8. The van der Waals surface area contributed by atoms with E-state index < -0.39 is 0 Å². The van der Waals surface area contributed by atoms with Gasteiger partial charge in [0.2, 0.25) is 0 Å². The van der Waals surface area contributed by atoms with Crippen LogP contribution < -0.4 is 24.6 Å². The molecule has 0 radical (unpaired) electrons. The van der Waals surface area contributed by atoms with Crippen molar-refractivity contribution in [1.29, 1.82) is 0 Å². The van der Waals surface area contributed by atoms with Crippen LogP contribution in [-0.2, 0) is 4.79 Å². The monoisotopic (exact) mass is 424 g/mol. The second-order valence-electron chi connectivity index (χ2n) is 8.89. The van der Waals surface area contributed by atoms with E-state index in [-0.39, 0.29) is 17.9 Å². The maximum absolute atomic E-state index is 12.9. The summed E-state index contributed by atoms with van der Waals surface area (Å²) < 4.78 is 11.4. The van der Waals surface area contributed by atoms with E-state index in [9.17, 15) is 4.79 Å². The normalized spacial score (nSPS) is 17.5. The van der Waals surface area contributed by atoms with E-state index in [1.54, 1.807) is 0 Å². The van der Waals surface area contributed by atoms with Crippen molar-refractivity contribution >= 4 is 11.6 Å². The number of rotatable bonds is 6. The number of hydrogen-bond acceptors (Lipinski definition) is 4. The summed E-state index contributed by atoms with van der Waals surface area (Å²) in [7, 11) is 0. The van der Waals surface area contributed by atoms with E-state index in [2.05, 4.69) is 55.3 Å². The highest BCUT2D eigenvalue weighted by Gasteiger charge is 2.26. The number of ether oxygens (including phenoxy) is 2. The van der Waals surface area contributed by atoms with Crippen LogP contribution in [0.2, 0.25) is 0 Å². The Balaban J connectivity index is 1.33. The number of para-hydroxylation sites is 1. The molecule has 2 aliphatic rings. The average molecular weight is 425 g/mol. The molecule has 0 bridgehead atoms. The second-order valence-corrected chi connectivity index (χ2v) is 8.89. The van der Waals surface area contributed by atoms with Gasteiger partial charge in [-0.3, -0.25) is 4.79 Å². The SMILES string of the molecule is Cc1ccccc1N1CC[NH+](CC(=O)N[C@@H](c2ccc3c(c2)OCCO3)C(C)C)CC1. The summed E-state index contributed by atoms with van der Waals surface area (Å²) >= 11 is 0. The van der Waals surface area contributed by atoms with E-state index in [4.69, 9.17) is 9.47 Å². The van der Waals surface area contributed by atoms with Crippen LogP contribution in [0.4, 0.5) is 5.69 Å². The Kier molecular flexibility index (Phi) is 6.66. The Morgan fingerprint density at radius 3 is 2.48 bits per heavy atom. The molecule has 2 heterocycles. The van der Waals surface area contributed by atoms with Crippen molar-refractivity contribution in [1.82, 2.24) is 5.32 Å². The van der Waals surface area contributed by atoms with Crippen LogP contribution in [-0.4, -0.2) is 51.8 Å². The van der Waals surface area contributed by atoms with Crippen molar-refractivity contribution < 1.29 is 19.2 Å². The first-order chi connectivity index (χ1) is 15.0. The number of amides is 1. The topological polar surface area (TPSA) is 55.2 Å². The minimum absolute atomic E-state index is 0.0454. The van der Waals surface area contributed by atoms with Crippen molar-refractivity contribution in [3.63, 3.8) is 0 Å². The van der Waals surface area contributed by atoms with Gasteiger partial charge in [0, 0.05) is 5.69 Å². The maximum Gasteiger partial charge on any atom is 0.275 e. The highest BCUT2D eigenvalue weighted by atomic mass is 16.6. The third-order valence-electron chi connectivity index (χ3n) is 6.25. The molecule has 1 fully saturated rings. The molecule has 0 unspecified atom stereocenters. The lowest BCUT2D eigenvalue weighted by Gasteiger charge is -2.34. The summed E-state index contributed by atoms with van der Waals surface area (Å²) in [5.74, 6) is 1.92. The van der Waals surface area contributed by atoms with Crippen LogP contribution >= 0.6 is 0 Å². The number of carbonyl (C=O) groups excluding carboxylic acids is 1. The lowest BCUT2D eigenvalue weighted by atomic mass is 9.95. The molecule has 4 rings (SSSR count). The third-order valence-corrected chi connectivity index (χ3v) is 6.25. The van der Waals surface area contributed by atoms with Gasteiger partial charge in [-0.1, -0.05) is 38.1 Å². The Morgan fingerprint density at radius 2 is 1.77 bits per heavy atom. The van der Waals surface area contributed by atoms with Crippen molar-refractivity contribution in [2.24, 2.45) is 5.92 Å². The lowest BCUT2D eigenvalue weighted by molar-refractivity contribution is -0.892. The summed E-state index contributed by atoms with van der Waals surface area (Å²) in [5.41, 5.74) is 3.68.